The van der Waals surface area contributed by atoms with E-state index in [-0.39, 0.29) is 18.8 Å². The van der Waals surface area contributed by atoms with E-state index in [4.69, 9.17) is 16.7 Å². The largest absolute Gasteiger partial charge is 0.417 e. The van der Waals surface area contributed by atoms with Crippen LogP contribution in [0.25, 0.3) is 0 Å². The SMILES string of the molecule is CN(CCO)CC(=O)Nc1ccc(Cl)c(C(F)(F)F)c1. The second-order valence-electron chi connectivity index (χ2n) is 4.20. The van der Waals surface area contributed by atoms with Gasteiger partial charge in [-0.3, -0.25) is 9.69 Å². The highest BCUT2D eigenvalue weighted by molar-refractivity contribution is 6.31. The quantitative estimate of drug-likeness (QED) is 0.877. The van der Waals surface area contributed by atoms with Crippen LogP contribution in [0, 0.1) is 0 Å². The van der Waals surface area contributed by atoms with Gasteiger partial charge in [-0.25, -0.2) is 0 Å². The Bertz CT molecular complexity index is 480. The Balaban J connectivity index is 2.76. The lowest BCUT2D eigenvalue weighted by atomic mass is 10.2. The van der Waals surface area contributed by atoms with Crippen molar-refractivity contribution in [2.24, 2.45) is 0 Å². The first-order chi connectivity index (χ1) is 9.24. The van der Waals surface area contributed by atoms with Crippen LogP contribution >= 0.6 is 11.6 Å². The third-order valence-corrected chi connectivity index (χ3v) is 2.78. The molecule has 2 N–H and O–H groups in total. The first-order valence-corrected chi connectivity index (χ1v) is 6.08. The summed E-state index contributed by atoms with van der Waals surface area (Å²) >= 11 is 5.47. The number of nitrogens with zero attached hydrogens (tertiary/aromatic N) is 1. The van der Waals surface area contributed by atoms with E-state index in [1.807, 2.05) is 0 Å². The van der Waals surface area contributed by atoms with Crippen LogP contribution in [0.1, 0.15) is 5.56 Å². The molecule has 0 saturated carbocycles. The number of aliphatic hydroxyl groups is 1. The number of carbonyl (C=O) groups excluding carboxylic acids is 1. The average molecular weight is 311 g/mol. The minimum Gasteiger partial charge on any atom is -0.395 e. The van der Waals surface area contributed by atoms with Crippen LogP contribution in [-0.2, 0) is 11.0 Å². The van der Waals surface area contributed by atoms with Crippen molar-refractivity contribution >= 4 is 23.2 Å². The van der Waals surface area contributed by atoms with Gasteiger partial charge in [0, 0.05) is 12.2 Å². The normalized spacial score (nSPS) is 11.8. The highest BCUT2D eigenvalue weighted by Gasteiger charge is 2.33. The summed E-state index contributed by atoms with van der Waals surface area (Å²) in [6.07, 6.45) is -4.58. The number of amides is 1. The van der Waals surface area contributed by atoms with Gasteiger partial charge in [0.1, 0.15) is 0 Å². The Hall–Kier alpha value is -1.31. The Labute approximate surface area is 119 Å². The molecule has 0 atom stereocenters. The molecule has 0 unspecified atom stereocenters. The lowest BCUT2D eigenvalue weighted by Crippen LogP contribution is -2.32. The highest BCUT2D eigenvalue weighted by atomic mass is 35.5. The van der Waals surface area contributed by atoms with Gasteiger partial charge in [-0.1, -0.05) is 11.6 Å². The standard InChI is InChI=1S/C12H14ClF3N2O2/c1-18(4-5-19)7-11(20)17-8-2-3-10(13)9(6-8)12(14,15)16/h2-3,6,19H,4-5,7H2,1H3,(H,17,20). The lowest BCUT2D eigenvalue weighted by molar-refractivity contribution is -0.137. The van der Waals surface area contributed by atoms with Crippen molar-refractivity contribution in [2.75, 3.05) is 32.1 Å². The van der Waals surface area contributed by atoms with E-state index >= 15 is 0 Å². The molecule has 0 bridgehead atoms. The smallest absolute Gasteiger partial charge is 0.395 e. The lowest BCUT2D eigenvalue weighted by Gasteiger charge is -2.15. The zero-order valence-corrected chi connectivity index (χ0v) is 11.4. The number of nitrogens with one attached hydrogen (secondary N) is 1. The first kappa shape index (κ1) is 16.7. The fraction of sp³-hybridized carbons (Fsp3) is 0.417. The van der Waals surface area contributed by atoms with Gasteiger partial charge >= 0.3 is 6.18 Å². The van der Waals surface area contributed by atoms with Crippen molar-refractivity contribution in [1.29, 1.82) is 0 Å². The number of carbonyl (C=O) groups is 1. The molecule has 0 aliphatic carbocycles. The van der Waals surface area contributed by atoms with Crippen LogP contribution in [0.15, 0.2) is 18.2 Å². The number of benzene rings is 1. The number of halogens is 4. The van der Waals surface area contributed by atoms with E-state index in [0.29, 0.717) is 6.54 Å². The molecule has 0 aliphatic rings. The Morgan fingerprint density at radius 2 is 2.10 bits per heavy atom. The Morgan fingerprint density at radius 1 is 1.45 bits per heavy atom. The molecule has 1 aromatic carbocycles. The first-order valence-electron chi connectivity index (χ1n) is 5.70. The zero-order chi connectivity index (χ0) is 15.3. The molecule has 0 saturated heterocycles. The van der Waals surface area contributed by atoms with Crippen molar-refractivity contribution in [3.63, 3.8) is 0 Å². The Morgan fingerprint density at radius 3 is 2.65 bits per heavy atom. The molecule has 8 heteroatoms. The molecule has 112 valence electrons. The third kappa shape index (κ3) is 4.99. The average Bonchev–Trinajstić information content (AvgIpc) is 2.30. The van der Waals surface area contributed by atoms with E-state index in [2.05, 4.69) is 5.32 Å². The predicted molar refractivity (Wildman–Crippen MR) is 69.7 cm³/mol. The number of rotatable bonds is 5. The van der Waals surface area contributed by atoms with E-state index in [1.165, 1.54) is 11.0 Å². The molecule has 1 amide bonds. The van der Waals surface area contributed by atoms with Crippen molar-refractivity contribution in [3.05, 3.63) is 28.8 Å². The summed E-state index contributed by atoms with van der Waals surface area (Å²) in [7, 11) is 1.61. The third-order valence-electron chi connectivity index (χ3n) is 2.45. The summed E-state index contributed by atoms with van der Waals surface area (Å²) in [5.74, 6) is -0.476. The summed E-state index contributed by atoms with van der Waals surface area (Å²) in [6.45, 7) is 0.148. The maximum Gasteiger partial charge on any atom is 0.417 e. The topological polar surface area (TPSA) is 52.6 Å². The molecular formula is C12H14ClF3N2O2. The van der Waals surface area contributed by atoms with E-state index < -0.39 is 22.7 Å². The molecule has 1 aromatic rings. The van der Waals surface area contributed by atoms with Crippen LogP contribution in [-0.4, -0.2) is 42.7 Å². The number of anilines is 1. The summed E-state index contributed by atoms with van der Waals surface area (Å²) in [5, 5.41) is 10.6. The van der Waals surface area contributed by atoms with Crippen molar-refractivity contribution in [1.82, 2.24) is 4.90 Å². The maximum absolute atomic E-state index is 12.6. The van der Waals surface area contributed by atoms with Crippen molar-refractivity contribution in [3.8, 4) is 0 Å². The van der Waals surface area contributed by atoms with E-state index in [0.717, 1.165) is 12.1 Å². The van der Waals surface area contributed by atoms with Crippen LogP contribution in [0.2, 0.25) is 5.02 Å². The predicted octanol–water partition coefficient (Wildman–Crippen LogP) is 2.22. The molecule has 4 nitrogen and oxygen atoms in total. The monoisotopic (exact) mass is 310 g/mol. The summed E-state index contributed by atoms with van der Waals surface area (Å²) < 4.78 is 37.9. The van der Waals surface area contributed by atoms with Crippen molar-refractivity contribution < 1.29 is 23.1 Å². The fourth-order valence-electron chi connectivity index (χ4n) is 1.52. The van der Waals surface area contributed by atoms with Gasteiger partial charge in [0.15, 0.2) is 0 Å². The van der Waals surface area contributed by atoms with Crippen molar-refractivity contribution in [2.45, 2.75) is 6.18 Å². The number of aliphatic hydroxyl groups excluding tert-OH is 1. The molecule has 0 fully saturated rings. The number of hydrogen-bond donors (Lipinski definition) is 2. The molecular weight excluding hydrogens is 297 g/mol. The second kappa shape index (κ2) is 6.92. The molecule has 1 rings (SSSR count). The second-order valence-corrected chi connectivity index (χ2v) is 4.61. The van der Waals surface area contributed by atoms with Gasteiger partial charge in [-0.2, -0.15) is 13.2 Å². The van der Waals surface area contributed by atoms with Gasteiger partial charge in [0.2, 0.25) is 5.91 Å². The minimum atomic E-state index is -4.58. The fourth-order valence-corrected chi connectivity index (χ4v) is 1.74. The van der Waals surface area contributed by atoms with Gasteiger partial charge in [0.25, 0.3) is 0 Å². The minimum absolute atomic E-state index is 0.0177. The maximum atomic E-state index is 12.6. The van der Waals surface area contributed by atoms with Crippen LogP contribution in [0.5, 0.6) is 0 Å². The molecule has 0 aromatic heterocycles. The molecule has 0 spiro atoms. The van der Waals surface area contributed by atoms with Gasteiger partial charge < -0.3 is 10.4 Å². The highest BCUT2D eigenvalue weighted by Crippen LogP contribution is 2.36. The van der Waals surface area contributed by atoms with Gasteiger partial charge in [-0.15, -0.1) is 0 Å². The number of likely N-dealkylation sites (N-methyl/N-ethyl adjacent to an activating group) is 1. The van der Waals surface area contributed by atoms with E-state index in [1.54, 1.807) is 7.05 Å². The van der Waals surface area contributed by atoms with Crippen LogP contribution < -0.4 is 5.32 Å². The summed E-state index contributed by atoms with van der Waals surface area (Å²) in [5.41, 5.74) is -0.982. The molecule has 0 radical (unpaired) electrons. The van der Waals surface area contributed by atoms with Crippen LogP contribution in [0.3, 0.4) is 0 Å². The molecule has 20 heavy (non-hydrogen) atoms. The van der Waals surface area contributed by atoms with Gasteiger partial charge in [-0.05, 0) is 25.2 Å². The zero-order valence-electron chi connectivity index (χ0n) is 10.7. The van der Waals surface area contributed by atoms with Crippen LogP contribution in [0.4, 0.5) is 18.9 Å². The Kier molecular flexibility index (Phi) is 5.79. The number of alkyl halides is 3. The summed E-state index contributed by atoms with van der Waals surface area (Å²) in [6, 6.07) is 3.16. The van der Waals surface area contributed by atoms with Gasteiger partial charge in [0.05, 0.1) is 23.7 Å². The molecule has 0 heterocycles. The summed E-state index contributed by atoms with van der Waals surface area (Å²) in [4.78, 5) is 13.1. The van der Waals surface area contributed by atoms with E-state index in [9.17, 15) is 18.0 Å². The molecule has 0 aliphatic heterocycles. The number of hydrogen-bond acceptors (Lipinski definition) is 3.